The van der Waals surface area contributed by atoms with Gasteiger partial charge in [0.05, 0.1) is 13.1 Å². The van der Waals surface area contributed by atoms with Gasteiger partial charge in [-0.05, 0) is 61.4 Å². The predicted molar refractivity (Wildman–Crippen MR) is 142 cm³/mol. The van der Waals surface area contributed by atoms with Gasteiger partial charge in [0.25, 0.3) is 0 Å². The van der Waals surface area contributed by atoms with Crippen molar-refractivity contribution < 1.29 is 8.83 Å². The fraction of sp³-hybridized carbons (Fsp3) is 0.308. The molecule has 0 atom stereocenters. The van der Waals surface area contributed by atoms with Gasteiger partial charge in [-0.1, -0.05) is 0 Å². The molecule has 0 unspecified atom stereocenters. The second-order valence-corrected chi connectivity index (χ2v) is 8.45. The molecule has 0 saturated heterocycles. The van der Waals surface area contributed by atoms with Crippen molar-refractivity contribution in [3.05, 3.63) is 71.2 Å². The van der Waals surface area contributed by atoms with Crippen molar-refractivity contribution in [2.75, 3.05) is 26.2 Å². The van der Waals surface area contributed by atoms with Crippen LogP contribution < -0.4 is 10.6 Å². The molecule has 0 radical (unpaired) electrons. The van der Waals surface area contributed by atoms with E-state index in [0.717, 1.165) is 108 Å². The van der Waals surface area contributed by atoms with E-state index in [1.165, 1.54) is 0 Å². The van der Waals surface area contributed by atoms with Crippen LogP contribution in [-0.2, 0) is 12.8 Å². The zero-order valence-corrected chi connectivity index (χ0v) is 20.4. The smallest absolute Gasteiger partial charge is 0.134 e. The van der Waals surface area contributed by atoms with E-state index < -0.39 is 0 Å². The van der Waals surface area contributed by atoms with E-state index in [-0.39, 0.29) is 24.8 Å². The highest BCUT2D eigenvalue weighted by molar-refractivity contribution is 6.03. The molecule has 6 nitrogen and oxygen atoms in total. The first-order valence-electron chi connectivity index (χ1n) is 11.4. The first-order valence-corrected chi connectivity index (χ1v) is 11.4. The summed E-state index contributed by atoms with van der Waals surface area (Å²) in [7, 11) is 0. The molecule has 0 fully saturated rings. The maximum atomic E-state index is 6.05. The minimum Gasteiger partial charge on any atom is -0.461 e. The molecule has 0 bridgehead atoms. The second kappa shape index (κ2) is 10.5. The molecule has 2 aliphatic rings. The fourth-order valence-electron chi connectivity index (χ4n) is 4.52. The summed E-state index contributed by atoms with van der Waals surface area (Å²) in [4.78, 5) is 9.01. The predicted octanol–water partition coefficient (Wildman–Crippen LogP) is 5.29. The Kier molecular flexibility index (Phi) is 7.49. The lowest BCUT2D eigenvalue weighted by Gasteiger charge is -2.01. The third-order valence-electron chi connectivity index (χ3n) is 6.13. The number of hydrogen-bond donors (Lipinski definition) is 2. The van der Waals surface area contributed by atoms with Crippen molar-refractivity contribution in [3.8, 4) is 0 Å². The van der Waals surface area contributed by atoms with E-state index in [1.54, 1.807) is 0 Å². The van der Waals surface area contributed by atoms with Gasteiger partial charge in [-0.25, -0.2) is 0 Å². The second-order valence-electron chi connectivity index (χ2n) is 8.45. The van der Waals surface area contributed by atoms with Gasteiger partial charge in [-0.3, -0.25) is 9.98 Å². The molecule has 0 amide bonds. The van der Waals surface area contributed by atoms with E-state index in [4.69, 9.17) is 8.83 Å². The molecular weight excluding hydrogens is 471 g/mol. The zero-order chi connectivity index (χ0) is 21.3. The van der Waals surface area contributed by atoms with Crippen molar-refractivity contribution in [2.45, 2.75) is 25.7 Å². The average molecular weight is 499 g/mol. The van der Waals surface area contributed by atoms with E-state index >= 15 is 0 Å². The minimum atomic E-state index is 0. The number of benzene rings is 2. The number of hydrogen-bond acceptors (Lipinski definition) is 6. The maximum absolute atomic E-state index is 6.05. The first-order chi connectivity index (χ1) is 15.8. The molecule has 4 aromatic rings. The van der Waals surface area contributed by atoms with Gasteiger partial charge in [-0.15, -0.1) is 24.8 Å². The van der Waals surface area contributed by atoms with Crippen LogP contribution in [0.1, 0.15) is 35.5 Å². The Morgan fingerprint density at radius 3 is 1.53 bits per heavy atom. The summed E-state index contributed by atoms with van der Waals surface area (Å²) in [6.07, 6.45) is 3.98. The number of amidine groups is 2. The highest BCUT2D eigenvalue weighted by Gasteiger charge is 2.12. The van der Waals surface area contributed by atoms with E-state index in [9.17, 15) is 0 Å². The van der Waals surface area contributed by atoms with Gasteiger partial charge in [0.1, 0.15) is 34.4 Å². The molecule has 2 aromatic carbocycles. The van der Waals surface area contributed by atoms with Crippen LogP contribution >= 0.6 is 24.8 Å². The number of nitrogens with zero attached hydrogens (tertiary/aromatic N) is 2. The highest BCUT2D eigenvalue weighted by Crippen LogP contribution is 2.25. The lowest BCUT2D eigenvalue weighted by molar-refractivity contribution is 0.509. The van der Waals surface area contributed by atoms with E-state index in [0.29, 0.717) is 0 Å². The molecule has 0 aliphatic carbocycles. The number of furan rings is 2. The Bertz CT molecular complexity index is 1250. The summed E-state index contributed by atoms with van der Waals surface area (Å²) < 4.78 is 12.1. The lowest BCUT2D eigenvalue weighted by atomic mass is 10.1. The van der Waals surface area contributed by atoms with E-state index in [1.807, 2.05) is 12.1 Å². The van der Waals surface area contributed by atoms with Gasteiger partial charge in [0, 0.05) is 47.8 Å². The van der Waals surface area contributed by atoms with Crippen LogP contribution in [0.25, 0.3) is 21.9 Å². The van der Waals surface area contributed by atoms with Crippen molar-refractivity contribution in [1.29, 1.82) is 0 Å². The van der Waals surface area contributed by atoms with Gasteiger partial charge in [0.2, 0.25) is 0 Å². The quantitative estimate of drug-likeness (QED) is 0.339. The minimum absolute atomic E-state index is 0. The standard InChI is InChI=1S/C26H26N4O2.2ClH/c1(3-21-15-19-13-17(5-7-23(19)31-21)25-27-9-10-28-25)2-4-22-16-20-14-18(6-8-24(20)32-22)26-29-11-12-30-26;;/h5-8,13-16H,1-4,9-12H2,(H,27,28)(H,29,30);2*1H. The Morgan fingerprint density at radius 2 is 1.12 bits per heavy atom. The number of aliphatic imine (C=N–C) groups is 2. The molecule has 0 spiro atoms. The Morgan fingerprint density at radius 1 is 0.647 bits per heavy atom. The van der Waals surface area contributed by atoms with Crippen LogP contribution in [0.2, 0.25) is 0 Å². The first kappa shape index (κ1) is 24.2. The van der Waals surface area contributed by atoms with Crippen molar-refractivity contribution >= 4 is 58.4 Å². The topological polar surface area (TPSA) is 75.1 Å². The Balaban J connectivity index is 0.00000137. The SMILES string of the molecule is Cl.Cl.c1cc2oc(CCCCc3cc4cc(C5=NCCN5)ccc4o3)cc2cc1C1=NCCN1. The Hall–Kier alpha value is -2.96. The molecule has 2 aliphatic heterocycles. The Labute approximate surface area is 210 Å². The zero-order valence-electron chi connectivity index (χ0n) is 18.8. The molecule has 178 valence electrons. The molecule has 6 rings (SSSR count). The number of rotatable bonds is 7. The van der Waals surface area contributed by atoms with Crippen LogP contribution in [-0.4, -0.2) is 37.9 Å². The third kappa shape index (κ3) is 4.93. The fourth-order valence-corrected chi connectivity index (χ4v) is 4.52. The van der Waals surface area contributed by atoms with Crippen LogP contribution in [0, 0.1) is 0 Å². The van der Waals surface area contributed by atoms with Gasteiger partial charge in [0.15, 0.2) is 0 Å². The molecule has 0 saturated carbocycles. The molecule has 2 N–H and O–H groups in total. The van der Waals surface area contributed by atoms with Crippen molar-refractivity contribution in [2.24, 2.45) is 9.98 Å². The van der Waals surface area contributed by atoms with Crippen molar-refractivity contribution in [1.82, 2.24) is 10.6 Å². The average Bonchev–Trinajstić information content (AvgIpc) is 3.61. The number of nitrogens with one attached hydrogen (secondary N) is 2. The number of aryl methyl sites for hydroxylation is 2. The summed E-state index contributed by atoms with van der Waals surface area (Å²) in [5.41, 5.74) is 4.14. The van der Waals surface area contributed by atoms with Crippen molar-refractivity contribution in [3.63, 3.8) is 0 Å². The number of halogens is 2. The molecule has 2 aromatic heterocycles. The molecular formula is C26H28Cl2N4O2. The monoisotopic (exact) mass is 498 g/mol. The summed E-state index contributed by atoms with van der Waals surface area (Å²) in [5.74, 6) is 4.05. The largest absolute Gasteiger partial charge is 0.461 e. The summed E-state index contributed by atoms with van der Waals surface area (Å²) >= 11 is 0. The van der Waals surface area contributed by atoms with Crippen LogP contribution in [0.4, 0.5) is 0 Å². The van der Waals surface area contributed by atoms with Gasteiger partial charge >= 0.3 is 0 Å². The van der Waals surface area contributed by atoms with Gasteiger partial charge in [-0.2, -0.15) is 0 Å². The summed E-state index contributed by atoms with van der Waals surface area (Å²) in [6, 6.07) is 16.9. The molecule has 8 heteroatoms. The maximum Gasteiger partial charge on any atom is 0.134 e. The normalized spacial score (nSPS) is 14.8. The highest BCUT2D eigenvalue weighted by atomic mass is 35.5. The molecule has 34 heavy (non-hydrogen) atoms. The number of fused-ring (bicyclic) bond motifs is 2. The van der Waals surface area contributed by atoms with E-state index in [2.05, 4.69) is 57.0 Å². The van der Waals surface area contributed by atoms with Crippen LogP contribution in [0.5, 0.6) is 0 Å². The molecule has 4 heterocycles. The third-order valence-corrected chi connectivity index (χ3v) is 6.13. The lowest BCUT2D eigenvalue weighted by Crippen LogP contribution is -2.19. The van der Waals surface area contributed by atoms with Crippen LogP contribution in [0.3, 0.4) is 0 Å². The van der Waals surface area contributed by atoms with Gasteiger partial charge < -0.3 is 19.5 Å². The number of unbranched alkanes of at least 4 members (excludes halogenated alkanes) is 1. The van der Waals surface area contributed by atoms with Crippen LogP contribution in [0.15, 0.2) is 67.4 Å². The summed E-state index contributed by atoms with van der Waals surface area (Å²) in [5, 5.41) is 8.94. The summed E-state index contributed by atoms with van der Waals surface area (Å²) in [6.45, 7) is 3.54.